The van der Waals surface area contributed by atoms with Crippen molar-refractivity contribution < 1.29 is 14.4 Å². The highest BCUT2D eigenvalue weighted by atomic mass is 35.5. The lowest BCUT2D eigenvalue weighted by Gasteiger charge is -2.55. The Morgan fingerprint density at radius 1 is 1.11 bits per heavy atom. The molecule has 1 unspecified atom stereocenters. The number of hydrogen-bond acceptors (Lipinski definition) is 6. The van der Waals surface area contributed by atoms with Crippen molar-refractivity contribution in [1.29, 1.82) is 5.26 Å². The molecule has 0 bridgehead atoms. The van der Waals surface area contributed by atoms with Crippen LogP contribution in [-0.4, -0.2) is 59.7 Å². The number of halogens is 1. The number of carbonyl (C=O) groups is 3. The molecule has 190 valence electrons. The third-order valence-electron chi connectivity index (χ3n) is 8.36. The number of carbonyl (C=O) groups excluding carboxylic acids is 3. The van der Waals surface area contributed by atoms with Crippen LogP contribution in [0.4, 0.5) is 5.69 Å². The van der Waals surface area contributed by atoms with Crippen LogP contribution in [0.1, 0.15) is 52.7 Å². The molecule has 37 heavy (non-hydrogen) atoms. The monoisotopic (exact) mass is 517 g/mol. The smallest absolute Gasteiger partial charge is 0.255 e. The minimum absolute atomic E-state index is 0.129. The van der Waals surface area contributed by atoms with Crippen LogP contribution in [-0.2, 0) is 22.7 Å². The largest absolute Gasteiger partial charge is 0.370 e. The summed E-state index contributed by atoms with van der Waals surface area (Å²) in [5, 5.41) is 12.2. The molecule has 4 aliphatic rings. The number of imide groups is 1. The van der Waals surface area contributed by atoms with E-state index in [4.69, 9.17) is 11.6 Å². The molecule has 3 amide bonds. The third kappa shape index (κ3) is 4.36. The fraction of sp³-hybridized carbons (Fsp3) is 0.429. The van der Waals surface area contributed by atoms with E-state index in [0.717, 1.165) is 62.4 Å². The Morgan fingerprint density at radius 3 is 2.62 bits per heavy atom. The first-order chi connectivity index (χ1) is 17.8. The van der Waals surface area contributed by atoms with Crippen LogP contribution in [0, 0.1) is 16.7 Å². The molecule has 1 atom stereocenters. The first-order valence-electron chi connectivity index (χ1n) is 12.8. The van der Waals surface area contributed by atoms with Gasteiger partial charge in [0.05, 0.1) is 11.6 Å². The van der Waals surface area contributed by atoms with Crippen molar-refractivity contribution in [2.45, 2.75) is 44.8 Å². The molecule has 8 nitrogen and oxygen atoms in total. The van der Waals surface area contributed by atoms with Gasteiger partial charge in [-0.25, -0.2) is 0 Å². The van der Waals surface area contributed by atoms with Gasteiger partial charge in [-0.1, -0.05) is 17.7 Å². The highest BCUT2D eigenvalue weighted by Gasteiger charge is 2.47. The zero-order valence-electron chi connectivity index (χ0n) is 20.5. The topological polar surface area (TPSA) is 96.8 Å². The molecule has 2 aromatic rings. The van der Waals surface area contributed by atoms with Crippen molar-refractivity contribution in [3.63, 3.8) is 0 Å². The zero-order valence-corrected chi connectivity index (χ0v) is 21.3. The molecule has 0 aliphatic carbocycles. The Bertz CT molecular complexity index is 1340. The lowest BCUT2D eigenvalue weighted by molar-refractivity contribution is -0.136. The first kappa shape index (κ1) is 24.0. The summed E-state index contributed by atoms with van der Waals surface area (Å²) >= 11 is 6.18. The summed E-state index contributed by atoms with van der Waals surface area (Å²) < 4.78 is 0. The van der Waals surface area contributed by atoms with Gasteiger partial charge in [-0.3, -0.25) is 24.6 Å². The SMILES string of the molecule is N#Cc1cc(Cl)cc(CN2CCC3(CC2)CN(c2cccc4c2CN(C2CCC(=O)NC2=O)C4=O)C3)c1. The van der Waals surface area contributed by atoms with Crippen LogP contribution in [0.25, 0.3) is 0 Å². The summed E-state index contributed by atoms with van der Waals surface area (Å²) in [5.74, 6) is -0.784. The summed E-state index contributed by atoms with van der Waals surface area (Å²) in [6.07, 6.45) is 2.83. The van der Waals surface area contributed by atoms with Crippen LogP contribution in [0.15, 0.2) is 36.4 Å². The van der Waals surface area contributed by atoms with Crippen LogP contribution >= 0.6 is 11.6 Å². The van der Waals surface area contributed by atoms with Crippen molar-refractivity contribution in [2.75, 3.05) is 31.1 Å². The molecule has 1 N–H and O–H groups in total. The van der Waals surface area contributed by atoms with Crippen molar-refractivity contribution in [2.24, 2.45) is 5.41 Å². The van der Waals surface area contributed by atoms with Crippen LogP contribution in [0.5, 0.6) is 0 Å². The van der Waals surface area contributed by atoms with E-state index in [9.17, 15) is 19.6 Å². The number of fused-ring (bicyclic) bond motifs is 1. The number of anilines is 1. The number of piperidine rings is 2. The minimum Gasteiger partial charge on any atom is -0.370 e. The Labute approximate surface area is 220 Å². The molecular formula is C28H28ClN5O3. The minimum atomic E-state index is -0.596. The van der Waals surface area contributed by atoms with Crippen molar-refractivity contribution in [3.8, 4) is 6.07 Å². The summed E-state index contributed by atoms with van der Waals surface area (Å²) in [7, 11) is 0. The van der Waals surface area contributed by atoms with Gasteiger partial charge in [0.15, 0.2) is 0 Å². The number of likely N-dealkylation sites (tertiary alicyclic amines) is 1. The fourth-order valence-electron chi connectivity index (χ4n) is 6.37. The van der Waals surface area contributed by atoms with Gasteiger partial charge in [0.1, 0.15) is 6.04 Å². The standard InChI is InChI=1S/C28H28ClN5O3/c29-20-11-18(13-30)10-19(12-20)14-32-8-6-28(7-9-32)16-33(17-28)23-3-1-2-21-22(23)15-34(27(21)37)24-4-5-25(35)31-26(24)36/h1-3,10-12,24H,4-9,14-17H2,(H,31,35,36). The van der Waals surface area contributed by atoms with Crippen LogP contribution in [0.2, 0.25) is 5.02 Å². The van der Waals surface area contributed by atoms with Gasteiger partial charge in [0.2, 0.25) is 11.8 Å². The fourth-order valence-corrected chi connectivity index (χ4v) is 6.62. The maximum Gasteiger partial charge on any atom is 0.255 e. The number of benzene rings is 2. The maximum absolute atomic E-state index is 13.2. The molecule has 4 aliphatic heterocycles. The van der Waals surface area contributed by atoms with Gasteiger partial charge < -0.3 is 9.80 Å². The number of nitrogens with one attached hydrogen (secondary N) is 1. The normalized spacial score (nSPS) is 23.0. The second-order valence-corrected chi connectivity index (χ2v) is 11.2. The maximum atomic E-state index is 13.2. The highest BCUT2D eigenvalue weighted by molar-refractivity contribution is 6.30. The number of nitrogens with zero attached hydrogens (tertiary/aromatic N) is 4. The van der Waals surface area contributed by atoms with Crippen molar-refractivity contribution >= 4 is 35.0 Å². The quantitative estimate of drug-likeness (QED) is 0.626. The number of rotatable bonds is 4. The average molecular weight is 518 g/mol. The molecule has 6 rings (SSSR count). The van der Waals surface area contributed by atoms with E-state index in [1.165, 1.54) is 0 Å². The van der Waals surface area contributed by atoms with E-state index in [2.05, 4.69) is 27.3 Å². The lowest BCUT2D eigenvalue weighted by atomic mass is 9.71. The molecule has 0 saturated carbocycles. The van der Waals surface area contributed by atoms with E-state index in [0.29, 0.717) is 29.1 Å². The van der Waals surface area contributed by atoms with Crippen molar-refractivity contribution in [3.05, 3.63) is 63.7 Å². The zero-order chi connectivity index (χ0) is 25.7. The summed E-state index contributed by atoms with van der Waals surface area (Å²) in [4.78, 5) is 43.5. The molecule has 0 aromatic heterocycles. The van der Waals surface area contributed by atoms with E-state index in [-0.39, 0.29) is 29.6 Å². The van der Waals surface area contributed by atoms with Crippen molar-refractivity contribution in [1.82, 2.24) is 15.1 Å². The molecule has 1 spiro atoms. The van der Waals surface area contributed by atoms with E-state index in [1.807, 2.05) is 24.3 Å². The molecule has 2 aromatic carbocycles. The molecule has 0 radical (unpaired) electrons. The number of nitriles is 1. The lowest BCUT2D eigenvalue weighted by Crippen LogP contribution is -2.60. The molecule has 9 heteroatoms. The van der Waals surface area contributed by atoms with Crippen LogP contribution < -0.4 is 10.2 Å². The number of amides is 3. The predicted octanol–water partition coefficient (Wildman–Crippen LogP) is 3.08. The van der Waals surface area contributed by atoms with Gasteiger partial charge >= 0.3 is 0 Å². The van der Waals surface area contributed by atoms with E-state index < -0.39 is 6.04 Å². The van der Waals surface area contributed by atoms with E-state index in [1.54, 1.807) is 11.0 Å². The average Bonchev–Trinajstić information content (AvgIpc) is 3.19. The van der Waals surface area contributed by atoms with Gasteiger partial charge in [-0.2, -0.15) is 5.26 Å². The Kier molecular flexibility index (Phi) is 5.93. The number of hydrogen-bond donors (Lipinski definition) is 1. The van der Waals surface area contributed by atoms with Gasteiger partial charge in [0, 0.05) is 59.9 Å². The van der Waals surface area contributed by atoms with E-state index >= 15 is 0 Å². The summed E-state index contributed by atoms with van der Waals surface area (Å²) in [6.45, 7) is 5.10. The van der Waals surface area contributed by atoms with Crippen LogP contribution in [0.3, 0.4) is 0 Å². The second kappa shape index (κ2) is 9.16. The summed E-state index contributed by atoms with van der Waals surface area (Å²) in [5.41, 5.74) is 4.67. The molecule has 3 fully saturated rings. The Balaban J connectivity index is 1.09. The highest BCUT2D eigenvalue weighted by Crippen LogP contribution is 2.45. The third-order valence-corrected chi connectivity index (χ3v) is 8.58. The second-order valence-electron chi connectivity index (χ2n) is 10.8. The van der Waals surface area contributed by atoms with Gasteiger partial charge in [0.25, 0.3) is 5.91 Å². The molecule has 3 saturated heterocycles. The van der Waals surface area contributed by atoms with Gasteiger partial charge in [-0.05, 0) is 68.2 Å². The molecular weight excluding hydrogens is 490 g/mol. The first-order valence-corrected chi connectivity index (χ1v) is 13.2. The predicted molar refractivity (Wildman–Crippen MR) is 138 cm³/mol. The molecule has 4 heterocycles. The Hall–Kier alpha value is -3.41. The Morgan fingerprint density at radius 2 is 1.89 bits per heavy atom. The summed E-state index contributed by atoms with van der Waals surface area (Å²) in [6, 6.07) is 13.0. The van der Waals surface area contributed by atoms with Gasteiger partial charge in [-0.15, -0.1) is 0 Å².